The molecule has 5 nitrogen and oxygen atoms in total. The lowest BCUT2D eigenvalue weighted by Gasteiger charge is -2.49. The van der Waals surface area contributed by atoms with Gasteiger partial charge in [0.05, 0.1) is 24.2 Å². The van der Waals surface area contributed by atoms with Gasteiger partial charge in [-0.15, -0.1) is 0 Å². The summed E-state index contributed by atoms with van der Waals surface area (Å²) in [5.74, 6) is -0.203. The van der Waals surface area contributed by atoms with Crippen LogP contribution in [0.15, 0.2) is 30.3 Å². The molecule has 0 spiro atoms. The predicted octanol–water partition coefficient (Wildman–Crippen LogP) is 10.1. The second kappa shape index (κ2) is 16.9. The molecule has 1 aromatic rings. The van der Waals surface area contributed by atoms with Crippen LogP contribution in [0.3, 0.4) is 0 Å². The molecule has 0 aromatic heterocycles. The molecule has 46 heavy (non-hydrogen) atoms. The maximum atomic E-state index is 14.2. The minimum absolute atomic E-state index is 0.00439. The van der Waals surface area contributed by atoms with Gasteiger partial charge in [0.25, 0.3) is 0 Å². The molecule has 9 heteroatoms. The van der Waals surface area contributed by atoms with Crippen molar-refractivity contribution in [3.8, 4) is 0 Å². The molecule has 0 bridgehead atoms. The number of thiocarbonyl (C=S) groups is 1. The van der Waals surface area contributed by atoms with E-state index < -0.39 is 28.7 Å². The summed E-state index contributed by atoms with van der Waals surface area (Å²) in [5, 5.41) is 12.1. The second-order valence-corrected chi connectivity index (χ2v) is 28.2. The lowest BCUT2D eigenvalue weighted by Crippen LogP contribution is -2.56. The standard InChI is InChI=1S/C37H67NO4S2Si2/c1-16-32(41-46(24(2)3,25(4)5)26(6)7)27(8)34(42-45(14,15)37(11,12)13)28(9)33(39)29(10)35(40)38-31(23-44-36(38)43)22-30-20-18-17-19-21-30/h17-21,24-29,31-34,39H,16,22-23H2,1-15H3/t27-,28-,29-,31+,32+,33+,34-/m0/s1. The van der Waals surface area contributed by atoms with E-state index in [1.54, 1.807) is 16.7 Å². The first kappa shape index (κ1) is 41.6. The van der Waals surface area contributed by atoms with Gasteiger partial charge < -0.3 is 14.0 Å². The normalized spacial score (nSPS) is 20.7. The minimum atomic E-state index is -2.25. The van der Waals surface area contributed by atoms with Gasteiger partial charge in [-0.05, 0) is 53.2 Å². The SMILES string of the molecule is CC[C@@H](O[Si](C(C)C)(C(C)C)C(C)C)[C@H](C)[C@H](O[Si](C)(C)C(C)(C)C)[C@@H](C)[C@@H](O)[C@H](C)C(=O)N1C(=S)SC[C@H]1Cc1ccccc1. The minimum Gasteiger partial charge on any atom is -0.413 e. The molecule has 0 aliphatic carbocycles. The summed E-state index contributed by atoms with van der Waals surface area (Å²) in [6.07, 6.45) is 0.447. The highest BCUT2D eigenvalue weighted by Gasteiger charge is 2.50. The molecule has 1 N–H and O–H groups in total. The van der Waals surface area contributed by atoms with Gasteiger partial charge in [-0.1, -0.05) is 144 Å². The quantitative estimate of drug-likeness (QED) is 0.136. The van der Waals surface area contributed by atoms with Crippen LogP contribution >= 0.6 is 24.0 Å². The molecule has 0 saturated carbocycles. The molecule has 1 amide bonds. The molecular weight excluding hydrogens is 643 g/mol. The summed E-state index contributed by atoms with van der Waals surface area (Å²) in [5.41, 5.74) is 2.60. The Bertz CT molecular complexity index is 1100. The van der Waals surface area contributed by atoms with Gasteiger partial charge >= 0.3 is 0 Å². The third-order valence-electron chi connectivity index (χ3n) is 11.3. The Balaban J connectivity index is 2.46. The second-order valence-electron chi connectivity index (χ2n) is 16.4. The molecular formula is C37H67NO4S2Si2. The lowest BCUT2D eigenvalue weighted by atomic mass is 9.81. The molecule has 1 aliphatic heterocycles. The summed E-state index contributed by atoms with van der Waals surface area (Å²) >= 11 is 7.27. The van der Waals surface area contributed by atoms with E-state index in [4.69, 9.17) is 21.1 Å². The Morgan fingerprint density at radius 3 is 1.93 bits per heavy atom. The molecule has 0 radical (unpaired) electrons. The van der Waals surface area contributed by atoms with Crippen LogP contribution < -0.4 is 0 Å². The Morgan fingerprint density at radius 1 is 0.957 bits per heavy atom. The summed E-state index contributed by atoms with van der Waals surface area (Å²) in [7, 11) is -4.42. The fourth-order valence-corrected chi connectivity index (χ4v) is 16.0. The molecule has 0 unspecified atom stereocenters. The van der Waals surface area contributed by atoms with E-state index in [-0.39, 0.29) is 41.0 Å². The highest BCUT2D eigenvalue weighted by molar-refractivity contribution is 8.23. The summed E-state index contributed by atoms with van der Waals surface area (Å²) in [6, 6.07) is 10.2. The van der Waals surface area contributed by atoms with Crippen LogP contribution in [0.2, 0.25) is 34.8 Å². The summed E-state index contributed by atoms with van der Waals surface area (Å²) in [4.78, 5) is 15.9. The summed E-state index contributed by atoms with van der Waals surface area (Å²) in [6.45, 7) is 33.8. The molecule has 1 aromatic carbocycles. The van der Waals surface area contributed by atoms with Crippen molar-refractivity contribution < 1.29 is 18.8 Å². The first-order valence-corrected chi connectivity index (χ1v) is 24.2. The Hall–Kier alpha value is -0.556. The van der Waals surface area contributed by atoms with Crippen molar-refractivity contribution in [2.45, 2.75) is 162 Å². The number of thioether (sulfide) groups is 1. The van der Waals surface area contributed by atoms with Crippen LogP contribution in [0.25, 0.3) is 0 Å². The molecule has 1 saturated heterocycles. The molecule has 1 heterocycles. The average Bonchev–Trinajstić information content (AvgIpc) is 3.33. The van der Waals surface area contributed by atoms with E-state index in [2.05, 4.69) is 108 Å². The summed E-state index contributed by atoms with van der Waals surface area (Å²) < 4.78 is 15.3. The van der Waals surface area contributed by atoms with E-state index in [9.17, 15) is 9.90 Å². The number of nitrogens with zero attached hydrogens (tertiary/aromatic N) is 1. The van der Waals surface area contributed by atoms with Crippen molar-refractivity contribution in [3.63, 3.8) is 0 Å². The first-order valence-electron chi connectivity index (χ1n) is 17.7. The van der Waals surface area contributed by atoms with Crippen molar-refractivity contribution in [1.82, 2.24) is 4.90 Å². The van der Waals surface area contributed by atoms with Crippen LogP contribution in [0.4, 0.5) is 0 Å². The number of rotatable bonds is 16. The number of aliphatic hydroxyl groups excluding tert-OH is 1. The number of benzene rings is 1. The zero-order valence-corrected chi connectivity index (χ0v) is 35.4. The van der Waals surface area contributed by atoms with Gasteiger partial charge in [-0.25, -0.2) is 0 Å². The maximum absolute atomic E-state index is 14.2. The molecule has 2 rings (SSSR count). The van der Waals surface area contributed by atoms with Gasteiger partial charge in [0.15, 0.2) is 8.32 Å². The highest BCUT2D eigenvalue weighted by atomic mass is 32.2. The highest BCUT2D eigenvalue weighted by Crippen LogP contribution is 2.46. The smallest absolute Gasteiger partial charge is 0.233 e. The van der Waals surface area contributed by atoms with Crippen molar-refractivity contribution in [3.05, 3.63) is 35.9 Å². The lowest BCUT2D eigenvalue weighted by molar-refractivity contribution is -0.138. The largest absolute Gasteiger partial charge is 0.413 e. The van der Waals surface area contributed by atoms with Gasteiger partial charge in [-0.2, -0.15) is 0 Å². The molecule has 1 fully saturated rings. The van der Waals surface area contributed by atoms with Crippen molar-refractivity contribution >= 4 is 50.8 Å². The van der Waals surface area contributed by atoms with Crippen LogP contribution in [-0.4, -0.2) is 67.0 Å². The van der Waals surface area contributed by atoms with Gasteiger partial charge in [0.2, 0.25) is 14.2 Å². The van der Waals surface area contributed by atoms with E-state index in [0.717, 1.165) is 18.6 Å². The molecule has 264 valence electrons. The Morgan fingerprint density at radius 2 is 1.48 bits per heavy atom. The van der Waals surface area contributed by atoms with Crippen LogP contribution in [0.5, 0.6) is 0 Å². The topological polar surface area (TPSA) is 59.0 Å². The number of aliphatic hydroxyl groups is 1. The average molecular weight is 710 g/mol. The zero-order chi connectivity index (χ0) is 35.4. The van der Waals surface area contributed by atoms with Gasteiger partial charge in [-0.3, -0.25) is 9.69 Å². The van der Waals surface area contributed by atoms with Crippen LogP contribution in [0, 0.1) is 17.8 Å². The monoisotopic (exact) mass is 709 g/mol. The van der Waals surface area contributed by atoms with E-state index in [1.165, 1.54) is 5.56 Å². The van der Waals surface area contributed by atoms with E-state index in [1.807, 2.05) is 25.1 Å². The molecule has 1 aliphatic rings. The third kappa shape index (κ3) is 9.36. The van der Waals surface area contributed by atoms with Crippen molar-refractivity contribution in [1.29, 1.82) is 0 Å². The first-order chi connectivity index (χ1) is 21.1. The van der Waals surface area contributed by atoms with E-state index >= 15 is 0 Å². The van der Waals surface area contributed by atoms with E-state index in [0.29, 0.717) is 20.9 Å². The molecule has 7 atom stereocenters. The third-order valence-corrected chi connectivity index (χ3v) is 23.4. The fourth-order valence-electron chi connectivity index (χ4n) is 7.44. The Labute approximate surface area is 294 Å². The number of carbonyl (C=O) groups is 1. The predicted molar refractivity (Wildman–Crippen MR) is 208 cm³/mol. The van der Waals surface area contributed by atoms with Crippen molar-refractivity contribution in [2.75, 3.05) is 5.75 Å². The number of amides is 1. The van der Waals surface area contributed by atoms with Crippen LogP contribution in [0.1, 0.15) is 102 Å². The number of carbonyl (C=O) groups excluding carboxylic acids is 1. The zero-order valence-electron chi connectivity index (χ0n) is 31.7. The fraction of sp³-hybridized carbons (Fsp3) is 0.784. The van der Waals surface area contributed by atoms with Gasteiger partial charge in [0.1, 0.15) is 4.32 Å². The number of hydrogen-bond donors (Lipinski definition) is 1. The maximum Gasteiger partial charge on any atom is 0.233 e. The number of hydrogen-bond acceptors (Lipinski definition) is 6. The van der Waals surface area contributed by atoms with Crippen LogP contribution in [-0.2, 0) is 20.1 Å². The van der Waals surface area contributed by atoms with Crippen molar-refractivity contribution in [2.24, 2.45) is 17.8 Å². The Kier molecular flexibility index (Phi) is 15.3. The van der Waals surface area contributed by atoms with Gasteiger partial charge in [0, 0.05) is 23.7 Å².